The fourth-order valence-corrected chi connectivity index (χ4v) is 2.71. The number of carbonyl (C=O) groups is 1. The van der Waals surface area contributed by atoms with Crippen LogP contribution in [0.1, 0.15) is 23.7 Å². The molecule has 0 spiro atoms. The topological polar surface area (TPSA) is 60.5 Å². The van der Waals surface area contributed by atoms with Gasteiger partial charge in [-0.25, -0.2) is 4.98 Å². The second kappa shape index (κ2) is 6.79. The van der Waals surface area contributed by atoms with E-state index >= 15 is 0 Å². The quantitative estimate of drug-likeness (QED) is 0.943. The van der Waals surface area contributed by atoms with Gasteiger partial charge in [0.1, 0.15) is 6.10 Å². The van der Waals surface area contributed by atoms with Crippen LogP contribution in [0, 0.1) is 0 Å². The molecule has 0 radical (unpaired) electrons. The van der Waals surface area contributed by atoms with Gasteiger partial charge in [0.25, 0.3) is 5.91 Å². The van der Waals surface area contributed by atoms with Crippen molar-refractivity contribution in [1.29, 1.82) is 0 Å². The molecule has 1 atom stereocenters. The van der Waals surface area contributed by atoms with Crippen LogP contribution in [0.2, 0.25) is 0 Å². The molecular formula is C18H20N2O3. The second-order valence-electron chi connectivity index (χ2n) is 5.46. The minimum atomic E-state index is -0.475. The predicted octanol–water partition coefficient (Wildman–Crippen LogP) is 2.73. The monoisotopic (exact) mass is 312 g/mol. The highest BCUT2D eigenvalue weighted by Gasteiger charge is 2.25. The molecule has 2 heterocycles. The van der Waals surface area contributed by atoms with Crippen LogP contribution in [0.15, 0.2) is 36.4 Å². The highest BCUT2D eigenvalue weighted by atomic mass is 16.5. The Bertz CT molecular complexity index is 715. The summed E-state index contributed by atoms with van der Waals surface area (Å²) in [6.45, 7) is 2.46. The van der Waals surface area contributed by atoms with Crippen LogP contribution in [0.3, 0.4) is 0 Å². The first kappa shape index (κ1) is 15.5. The molecule has 5 nitrogen and oxygen atoms in total. The van der Waals surface area contributed by atoms with Gasteiger partial charge in [-0.3, -0.25) is 4.79 Å². The maximum absolute atomic E-state index is 12.5. The third kappa shape index (κ3) is 3.35. The minimum Gasteiger partial charge on any atom is -0.481 e. The van der Waals surface area contributed by atoms with Gasteiger partial charge in [0, 0.05) is 12.5 Å². The van der Waals surface area contributed by atoms with Crippen molar-refractivity contribution < 1.29 is 14.3 Å². The molecule has 1 amide bonds. The first-order valence-electron chi connectivity index (χ1n) is 7.74. The summed E-state index contributed by atoms with van der Waals surface area (Å²) < 4.78 is 10.8. The SMILES string of the molecule is CCc1nc(OC)ccc1NC(=O)C1Cc2ccccc2CO1. The molecule has 1 N–H and O–H groups in total. The standard InChI is InChI=1S/C18H20N2O3/c1-3-14-15(8-9-17(19-14)22-2)20-18(21)16-10-12-6-4-5-7-13(12)11-23-16/h4-9,16H,3,10-11H2,1-2H3,(H,20,21). The molecule has 0 fully saturated rings. The lowest BCUT2D eigenvalue weighted by atomic mass is 9.99. The number of nitrogens with one attached hydrogen (secondary N) is 1. The highest BCUT2D eigenvalue weighted by molar-refractivity contribution is 5.95. The molecule has 120 valence electrons. The molecule has 1 unspecified atom stereocenters. The lowest BCUT2D eigenvalue weighted by Crippen LogP contribution is -2.35. The number of fused-ring (bicyclic) bond motifs is 1. The summed E-state index contributed by atoms with van der Waals surface area (Å²) in [7, 11) is 1.58. The smallest absolute Gasteiger partial charge is 0.253 e. The molecule has 1 aliphatic rings. The Morgan fingerprint density at radius 3 is 2.83 bits per heavy atom. The van der Waals surface area contributed by atoms with E-state index in [9.17, 15) is 4.79 Å². The number of pyridine rings is 1. The van der Waals surface area contributed by atoms with Crippen LogP contribution in [0.25, 0.3) is 0 Å². The third-order valence-electron chi connectivity index (χ3n) is 4.01. The normalized spacial score (nSPS) is 16.5. The van der Waals surface area contributed by atoms with E-state index in [1.807, 2.05) is 37.3 Å². The number of hydrogen-bond donors (Lipinski definition) is 1. The summed E-state index contributed by atoms with van der Waals surface area (Å²) in [6.07, 6.45) is 0.825. The Morgan fingerprint density at radius 2 is 2.09 bits per heavy atom. The Morgan fingerprint density at radius 1 is 1.30 bits per heavy atom. The molecule has 2 aromatic rings. The number of benzene rings is 1. The molecule has 3 rings (SSSR count). The summed E-state index contributed by atoms with van der Waals surface area (Å²) in [5, 5.41) is 2.93. The molecule has 0 saturated carbocycles. The van der Waals surface area contributed by atoms with Crippen LogP contribution in [0.4, 0.5) is 5.69 Å². The van der Waals surface area contributed by atoms with E-state index in [4.69, 9.17) is 9.47 Å². The molecule has 1 aromatic carbocycles. The fraction of sp³-hybridized carbons (Fsp3) is 0.333. The number of nitrogens with zero attached hydrogens (tertiary/aromatic N) is 1. The van der Waals surface area contributed by atoms with Crippen molar-refractivity contribution in [2.45, 2.75) is 32.5 Å². The summed E-state index contributed by atoms with van der Waals surface area (Å²) in [6, 6.07) is 11.6. The van der Waals surface area contributed by atoms with Crippen molar-refractivity contribution >= 4 is 11.6 Å². The van der Waals surface area contributed by atoms with Crippen LogP contribution in [0.5, 0.6) is 5.88 Å². The average Bonchev–Trinajstić information content (AvgIpc) is 2.61. The number of hydrogen-bond acceptors (Lipinski definition) is 4. The number of aromatic nitrogens is 1. The van der Waals surface area contributed by atoms with E-state index in [2.05, 4.69) is 10.3 Å². The molecule has 23 heavy (non-hydrogen) atoms. The lowest BCUT2D eigenvalue weighted by Gasteiger charge is -2.24. The molecule has 1 aromatic heterocycles. The van der Waals surface area contributed by atoms with E-state index < -0.39 is 6.10 Å². The van der Waals surface area contributed by atoms with Gasteiger partial charge in [-0.05, 0) is 23.6 Å². The summed E-state index contributed by atoms with van der Waals surface area (Å²) >= 11 is 0. The summed E-state index contributed by atoms with van der Waals surface area (Å²) in [4.78, 5) is 16.9. The first-order valence-corrected chi connectivity index (χ1v) is 7.74. The molecular weight excluding hydrogens is 292 g/mol. The van der Waals surface area contributed by atoms with E-state index in [1.165, 1.54) is 5.56 Å². The third-order valence-corrected chi connectivity index (χ3v) is 4.01. The fourth-order valence-electron chi connectivity index (χ4n) is 2.71. The molecule has 1 aliphatic heterocycles. The van der Waals surface area contributed by atoms with Crippen molar-refractivity contribution in [3.8, 4) is 5.88 Å². The van der Waals surface area contributed by atoms with Gasteiger partial charge in [0.2, 0.25) is 5.88 Å². The number of anilines is 1. The lowest BCUT2D eigenvalue weighted by molar-refractivity contribution is -0.129. The predicted molar refractivity (Wildman–Crippen MR) is 87.5 cm³/mol. The first-order chi connectivity index (χ1) is 11.2. The number of rotatable bonds is 4. The Labute approximate surface area is 135 Å². The van der Waals surface area contributed by atoms with E-state index in [0.717, 1.165) is 11.3 Å². The zero-order valence-corrected chi connectivity index (χ0v) is 13.3. The maximum Gasteiger partial charge on any atom is 0.253 e. The van der Waals surface area contributed by atoms with Crippen LogP contribution < -0.4 is 10.1 Å². The Hall–Kier alpha value is -2.40. The van der Waals surface area contributed by atoms with Gasteiger partial charge in [-0.15, -0.1) is 0 Å². The van der Waals surface area contributed by atoms with Gasteiger partial charge in [0.15, 0.2) is 0 Å². The molecule has 0 bridgehead atoms. The molecule has 5 heteroatoms. The van der Waals surface area contributed by atoms with Gasteiger partial charge in [-0.2, -0.15) is 0 Å². The molecule has 0 aliphatic carbocycles. The van der Waals surface area contributed by atoms with Crippen molar-refractivity contribution in [3.63, 3.8) is 0 Å². The maximum atomic E-state index is 12.5. The number of ether oxygens (including phenoxy) is 2. The van der Waals surface area contributed by atoms with Crippen molar-refractivity contribution in [3.05, 3.63) is 53.2 Å². The highest BCUT2D eigenvalue weighted by Crippen LogP contribution is 2.23. The largest absolute Gasteiger partial charge is 0.481 e. The number of methoxy groups -OCH3 is 1. The summed E-state index contributed by atoms with van der Waals surface area (Å²) in [5.74, 6) is 0.406. The summed E-state index contributed by atoms with van der Waals surface area (Å²) in [5.41, 5.74) is 3.83. The number of aryl methyl sites for hydroxylation is 1. The van der Waals surface area contributed by atoms with Crippen LogP contribution >= 0.6 is 0 Å². The van der Waals surface area contributed by atoms with Crippen molar-refractivity contribution in [1.82, 2.24) is 4.98 Å². The van der Waals surface area contributed by atoms with Crippen LogP contribution in [-0.2, 0) is 29.0 Å². The van der Waals surface area contributed by atoms with Gasteiger partial charge < -0.3 is 14.8 Å². The number of amides is 1. The zero-order valence-electron chi connectivity index (χ0n) is 13.3. The van der Waals surface area contributed by atoms with Crippen molar-refractivity contribution in [2.75, 3.05) is 12.4 Å². The van der Waals surface area contributed by atoms with Gasteiger partial charge >= 0.3 is 0 Å². The number of carbonyl (C=O) groups excluding carboxylic acids is 1. The average molecular weight is 312 g/mol. The van der Waals surface area contributed by atoms with Gasteiger partial charge in [0.05, 0.1) is 25.1 Å². The van der Waals surface area contributed by atoms with Gasteiger partial charge in [-0.1, -0.05) is 31.2 Å². The van der Waals surface area contributed by atoms with E-state index in [0.29, 0.717) is 31.0 Å². The van der Waals surface area contributed by atoms with Crippen LogP contribution in [-0.4, -0.2) is 24.1 Å². The van der Waals surface area contributed by atoms with Crippen molar-refractivity contribution in [2.24, 2.45) is 0 Å². The van der Waals surface area contributed by atoms with E-state index in [-0.39, 0.29) is 5.91 Å². The zero-order chi connectivity index (χ0) is 16.2. The second-order valence-corrected chi connectivity index (χ2v) is 5.46. The molecule has 0 saturated heterocycles. The Kier molecular flexibility index (Phi) is 4.57. The van der Waals surface area contributed by atoms with E-state index in [1.54, 1.807) is 13.2 Å². The Balaban J connectivity index is 1.73. The minimum absolute atomic E-state index is 0.138.